The van der Waals surface area contributed by atoms with Crippen LogP contribution in [-0.2, 0) is 32.7 Å². The van der Waals surface area contributed by atoms with Crippen LogP contribution in [0, 0.1) is 6.42 Å². The molecule has 0 aromatic carbocycles. The number of rotatable bonds is 3. The summed E-state index contributed by atoms with van der Waals surface area (Å²) in [5.41, 5.74) is 0. The zero-order chi connectivity index (χ0) is 9.80. The van der Waals surface area contributed by atoms with Crippen LogP contribution >= 0.6 is 0 Å². The van der Waals surface area contributed by atoms with Crippen LogP contribution in [0.2, 0.25) is 0 Å². The molecule has 2 aliphatic rings. The number of fused-ring (bicyclic) bond motifs is 1. The van der Waals surface area contributed by atoms with Gasteiger partial charge < -0.3 is 11.3 Å². The van der Waals surface area contributed by atoms with Crippen LogP contribution in [0.25, 0.3) is 0 Å². The van der Waals surface area contributed by atoms with E-state index in [0.29, 0.717) is 0 Å². The van der Waals surface area contributed by atoms with Crippen molar-refractivity contribution < 1.29 is 32.7 Å². The maximum atomic E-state index is 2.70. The Morgan fingerprint density at radius 1 is 1.20 bits per heavy atom. The van der Waals surface area contributed by atoms with Crippen LogP contribution in [0.5, 0.6) is 0 Å². The molecule has 2 fully saturated rings. The summed E-state index contributed by atoms with van der Waals surface area (Å²) >= 11 is 0. The van der Waals surface area contributed by atoms with Crippen molar-refractivity contribution in [3.63, 3.8) is 0 Å². The molecule has 15 heavy (non-hydrogen) atoms. The second-order valence-electron chi connectivity index (χ2n) is 4.68. The van der Waals surface area contributed by atoms with Crippen molar-refractivity contribution in [1.29, 1.82) is 0 Å². The third-order valence-corrected chi connectivity index (χ3v) is 3.66. The van der Waals surface area contributed by atoms with Gasteiger partial charge in [-0.3, -0.25) is 4.90 Å². The summed E-state index contributed by atoms with van der Waals surface area (Å²) in [7, 11) is 0. The molecular formula is C12H23N2Y+2. The molecule has 2 heterocycles. The van der Waals surface area contributed by atoms with Crippen molar-refractivity contribution in [2.45, 2.75) is 38.6 Å². The minimum Gasteiger partial charge on any atom is -0.330 e. The number of unbranched alkanes of at least 4 members (excludes halogenated alkanes) is 1. The summed E-state index contributed by atoms with van der Waals surface area (Å²) in [5.74, 6) is 0. The molecule has 0 saturated carbocycles. The van der Waals surface area contributed by atoms with Gasteiger partial charge in [0.2, 0.25) is 0 Å². The van der Waals surface area contributed by atoms with Gasteiger partial charge in [-0.15, -0.1) is 0 Å². The van der Waals surface area contributed by atoms with Crippen LogP contribution in [0.1, 0.15) is 32.6 Å². The molecule has 0 radical (unpaired) electrons. The average Bonchev–Trinajstić information content (AvgIpc) is 2.26. The van der Waals surface area contributed by atoms with Crippen LogP contribution in [0.4, 0.5) is 0 Å². The summed E-state index contributed by atoms with van der Waals surface area (Å²) in [4.78, 5) is 5.35. The maximum Gasteiger partial charge on any atom is 3.00 e. The van der Waals surface area contributed by atoms with Gasteiger partial charge >= 0.3 is 32.7 Å². The average molecular weight is 284 g/mol. The first kappa shape index (κ1) is 14.1. The van der Waals surface area contributed by atoms with E-state index in [1.165, 1.54) is 58.4 Å². The standard InChI is InChI=1S/C12H23N2.Y/c1-2-3-7-13-9-10-14-8-5-4-6-12(14)11-13;/h2,12H,3-11H2,1H3;/q-1;+3. The summed E-state index contributed by atoms with van der Waals surface area (Å²) in [6.45, 7) is 8.74. The smallest absolute Gasteiger partial charge is 0.330 e. The molecule has 0 aromatic rings. The maximum absolute atomic E-state index is 2.70. The molecule has 0 bridgehead atoms. The van der Waals surface area contributed by atoms with E-state index in [1.54, 1.807) is 0 Å². The van der Waals surface area contributed by atoms with Crippen LogP contribution < -0.4 is 0 Å². The normalized spacial score (nSPS) is 28.2. The molecule has 2 rings (SSSR count). The van der Waals surface area contributed by atoms with E-state index in [9.17, 15) is 0 Å². The summed E-state index contributed by atoms with van der Waals surface area (Å²) in [5, 5.41) is 0. The number of piperazine rings is 1. The van der Waals surface area contributed by atoms with Gasteiger partial charge in [-0.1, -0.05) is 6.42 Å². The van der Waals surface area contributed by atoms with Crippen LogP contribution in [0.15, 0.2) is 0 Å². The molecule has 2 nitrogen and oxygen atoms in total. The second kappa shape index (κ2) is 7.37. The van der Waals surface area contributed by atoms with Gasteiger partial charge in [0, 0.05) is 25.7 Å². The molecular weight excluding hydrogens is 261 g/mol. The minimum atomic E-state index is 0. The van der Waals surface area contributed by atoms with E-state index in [1.807, 2.05) is 0 Å². The van der Waals surface area contributed by atoms with Gasteiger partial charge in [0.15, 0.2) is 0 Å². The monoisotopic (exact) mass is 284 g/mol. The Morgan fingerprint density at radius 2 is 2.07 bits per heavy atom. The largest absolute Gasteiger partial charge is 3.00 e. The fourth-order valence-corrected chi connectivity index (χ4v) is 2.74. The van der Waals surface area contributed by atoms with Gasteiger partial charge in [0.05, 0.1) is 0 Å². The van der Waals surface area contributed by atoms with E-state index in [4.69, 9.17) is 0 Å². The number of hydrogen-bond donors (Lipinski definition) is 0. The Labute approximate surface area is 120 Å². The third kappa shape index (κ3) is 4.07. The van der Waals surface area contributed by atoms with Crippen LogP contribution in [0.3, 0.4) is 0 Å². The molecule has 2 saturated heterocycles. The summed E-state index contributed by atoms with van der Waals surface area (Å²) in [6, 6.07) is 0.884. The predicted octanol–water partition coefficient (Wildman–Crippen LogP) is 1.77. The first-order valence-corrected chi connectivity index (χ1v) is 6.14. The Bertz CT molecular complexity index is 175. The molecule has 2 aliphatic heterocycles. The zero-order valence-corrected chi connectivity index (χ0v) is 12.8. The van der Waals surface area contributed by atoms with Crippen molar-refractivity contribution in [2.75, 3.05) is 32.7 Å². The van der Waals surface area contributed by atoms with Gasteiger partial charge in [0.25, 0.3) is 0 Å². The SMILES string of the molecule is C[CH-]CCN1CCN2CCCCC2C1.[Y+3]. The Morgan fingerprint density at radius 3 is 2.87 bits per heavy atom. The van der Waals surface area contributed by atoms with E-state index in [-0.39, 0.29) is 32.7 Å². The summed E-state index contributed by atoms with van der Waals surface area (Å²) < 4.78 is 0. The van der Waals surface area contributed by atoms with E-state index >= 15 is 0 Å². The second-order valence-corrected chi connectivity index (χ2v) is 4.68. The van der Waals surface area contributed by atoms with Crippen molar-refractivity contribution in [1.82, 2.24) is 9.80 Å². The van der Waals surface area contributed by atoms with Gasteiger partial charge in [-0.2, -0.15) is 13.3 Å². The number of hydrogen-bond acceptors (Lipinski definition) is 2. The Hall–Kier alpha value is 1.02. The summed E-state index contributed by atoms with van der Waals surface area (Å²) in [6.07, 6.45) is 7.86. The molecule has 82 valence electrons. The van der Waals surface area contributed by atoms with E-state index in [2.05, 4.69) is 23.1 Å². The molecule has 0 amide bonds. The van der Waals surface area contributed by atoms with Gasteiger partial charge in [-0.05, 0) is 25.9 Å². The zero-order valence-electron chi connectivity index (χ0n) is 9.99. The fraction of sp³-hybridized carbons (Fsp3) is 0.917. The first-order valence-electron chi connectivity index (χ1n) is 6.14. The molecule has 0 aromatic heterocycles. The van der Waals surface area contributed by atoms with E-state index in [0.717, 1.165) is 6.04 Å². The fourth-order valence-electron chi connectivity index (χ4n) is 2.74. The molecule has 0 spiro atoms. The Kier molecular flexibility index (Phi) is 6.92. The van der Waals surface area contributed by atoms with Crippen LogP contribution in [-0.4, -0.2) is 48.6 Å². The van der Waals surface area contributed by atoms with E-state index < -0.39 is 0 Å². The quantitative estimate of drug-likeness (QED) is 0.729. The molecule has 1 atom stereocenters. The predicted molar refractivity (Wildman–Crippen MR) is 60.2 cm³/mol. The molecule has 0 N–H and O–H groups in total. The molecule has 0 aliphatic carbocycles. The third-order valence-electron chi connectivity index (χ3n) is 3.66. The molecule has 1 unspecified atom stereocenters. The topological polar surface area (TPSA) is 6.48 Å². The molecule has 3 heteroatoms. The van der Waals surface area contributed by atoms with Crippen molar-refractivity contribution in [3.05, 3.63) is 6.42 Å². The van der Waals surface area contributed by atoms with Crippen molar-refractivity contribution in [3.8, 4) is 0 Å². The first-order chi connectivity index (χ1) is 6.90. The van der Waals surface area contributed by atoms with Gasteiger partial charge in [-0.25, -0.2) is 0 Å². The minimum absolute atomic E-state index is 0. The number of piperidine rings is 1. The van der Waals surface area contributed by atoms with Gasteiger partial charge in [0.1, 0.15) is 0 Å². The number of nitrogens with zero attached hydrogens (tertiary/aromatic N) is 2. The van der Waals surface area contributed by atoms with Crippen molar-refractivity contribution >= 4 is 0 Å². The van der Waals surface area contributed by atoms with Crippen molar-refractivity contribution in [2.24, 2.45) is 0 Å². The Balaban J connectivity index is 0.00000112.